The van der Waals surface area contributed by atoms with Gasteiger partial charge in [-0.25, -0.2) is 4.79 Å². The van der Waals surface area contributed by atoms with E-state index < -0.39 is 11.6 Å². The van der Waals surface area contributed by atoms with E-state index in [2.05, 4.69) is 5.32 Å². The molecule has 6 nitrogen and oxygen atoms in total. The Morgan fingerprint density at radius 2 is 1.05 bits per heavy atom. The van der Waals surface area contributed by atoms with Crippen molar-refractivity contribution >= 4 is 17.7 Å². The van der Waals surface area contributed by atoms with Gasteiger partial charge in [0.2, 0.25) is 0 Å². The quantitative estimate of drug-likeness (QED) is 0.282. The molecule has 38 heavy (non-hydrogen) atoms. The first kappa shape index (κ1) is 26.5. The molecular formula is C32H30N2O4. The third kappa shape index (κ3) is 6.81. The Kier molecular flexibility index (Phi) is 8.80. The maximum absolute atomic E-state index is 13.5. The number of hydrogen-bond donors (Lipinski definition) is 2. The van der Waals surface area contributed by atoms with Gasteiger partial charge in [0.05, 0.1) is 0 Å². The average molecular weight is 507 g/mol. The molecular weight excluding hydrogens is 476 g/mol. The lowest BCUT2D eigenvalue weighted by molar-refractivity contribution is -0.134. The molecule has 0 bridgehead atoms. The number of ether oxygens (including phenoxy) is 1. The second kappa shape index (κ2) is 12.6. The minimum absolute atomic E-state index is 0.0361. The Bertz CT molecular complexity index is 1300. The molecule has 0 fully saturated rings. The number of nitrogens with two attached hydrogens (primary N) is 1. The Morgan fingerprint density at radius 3 is 1.53 bits per heavy atom. The topological polar surface area (TPSA) is 98.5 Å². The molecule has 6 heteroatoms. The monoisotopic (exact) mass is 506 g/mol. The summed E-state index contributed by atoms with van der Waals surface area (Å²) in [6.07, 6.45) is -0.467. The zero-order valence-electron chi connectivity index (χ0n) is 21.0. The van der Waals surface area contributed by atoms with Crippen molar-refractivity contribution in [2.24, 2.45) is 5.73 Å². The summed E-state index contributed by atoms with van der Waals surface area (Å²) in [4.78, 5) is 39.2. The Balaban J connectivity index is 1.47. The van der Waals surface area contributed by atoms with E-state index in [-0.39, 0.29) is 37.6 Å². The van der Waals surface area contributed by atoms with Crippen LogP contribution in [0.4, 0.5) is 4.79 Å². The number of carbonyl (C=O) groups is 3. The van der Waals surface area contributed by atoms with Crippen LogP contribution in [0.2, 0.25) is 0 Å². The molecule has 0 atom stereocenters. The molecule has 0 aliphatic heterocycles. The van der Waals surface area contributed by atoms with Gasteiger partial charge in [-0.05, 0) is 27.8 Å². The minimum Gasteiger partial charge on any atom is -0.445 e. The lowest BCUT2D eigenvalue weighted by atomic mass is 9.78. The molecule has 0 saturated carbocycles. The first-order valence-electron chi connectivity index (χ1n) is 12.4. The largest absolute Gasteiger partial charge is 0.445 e. The summed E-state index contributed by atoms with van der Waals surface area (Å²) < 4.78 is 5.24. The highest BCUT2D eigenvalue weighted by Gasteiger charge is 2.42. The van der Waals surface area contributed by atoms with Crippen LogP contribution in [0.1, 0.15) is 27.8 Å². The van der Waals surface area contributed by atoms with Crippen molar-refractivity contribution in [1.29, 1.82) is 0 Å². The number of nitrogens with one attached hydrogen (secondary N) is 1. The highest BCUT2D eigenvalue weighted by atomic mass is 16.5. The third-order valence-electron chi connectivity index (χ3n) is 6.35. The minimum atomic E-state index is -1.81. The number of benzene rings is 4. The van der Waals surface area contributed by atoms with Crippen molar-refractivity contribution in [2.45, 2.75) is 31.5 Å². The lowest BCUT2D eigenvalue weighted by Gasteiger charge is -2.28. The van der Waals surface area contributed by atoms with Crippen LogP contribution in [0.3, 0.4) is 0 Å². The molecule has 1 amide bonds. The van der Waals surface area contributed by atoms with Crippen LogP contribution in [0.25, 0.3) is 0 Å². The van der Waals surface area contributed by atoms with E-state index in [1.165, 1.54) is 0 Å². The number of rotatable bonds is 11. The zero-order valence-corrected chi connectivity index (χ0v) is 21.0. The van der Waals surface area contributed by atoms with E-state index in [9.17, 15) is 14.4 Å². The predicted octanol–water partition coefficient (Wildman–Crippen LogP) is 4.89. The normalized spacial score (nSPS) is 11.0. The van der Waals surface area contributed by atoms with Gasteiger partial charge < -0.3 is 15.8 Å². The summed E-state index contributed by atoms with van der Waals surface area (Å²) in [6, 6.07) is 34.8. The van der Waals surface area contributed by atoms with Crippen molar-refractivity contribution in [2.75, 3.05) is 0 Å². The first-order valence-corrected chi connectivity index (χ1v) is 12.4. The van der Waals surface area contributed by atoms with E-state index >= 15 is 0 Å². The second-order valence-corrected chi connectivity index (χ2v) is 9.09. The van der Waals surface area contributed by atoms with E-state index in [4.69, 9.17) is 10.5 Å². The fraction of sp³-hybridized carbons (Fsp3) is 0.156. The fourth-order valence-electron chi connectivity index (χ4n) is 4.15. The van der Waals surface area contributed by atoms with Crippen LogP contribution in [0.5, 0.6) is 0 Å². The van der Waals surface area contributed by atoms with Crippen molar-refractivity contribution < 1.29 is 19.1 Å². The van der Waals surface area contributed by atoms with Crippen molar-refractivity contribution in [3.63, 3.8) is 0 Å². The molecule has 4 rings (SSSR count). The van der Waals surface area contributed by atoms with E-state index in [1.54, 1.807) is 24.3 Å². The smallest absolute Gasteiger partial charge is 0.407 e. The van der Waals surface area contributed by atoms with Gasteiger partial charge in [0.1, 0.15) is 6.61 Å². The van der Waals surface area contributed by atoms with Crippen molar-refractivity contribution in [1.82, 2.24) is 5.32 Å². The summed E-state index contributed by atoms with van der Waals surface area (Å²) in [5.74, 6) is -0.750. The van der Waals surface area contributed by atoms with E-state index in [0.717, 1.165) is 22.3 Å². The van der Waals surface area contributed by atoms with Crippen LogP contribution in [-0.2, 0) is 45.9 Å². The van der Waals surface area contributed by atoms with Crippen molar-refractivity contribution in [3.8, 4) is 0 Å². The molecule has 4 aromatic carbocycles. The average Bonchev–Trinajstić information content (AvgIpc) is 2.96. The molecule has 0 unspecified atom stereocenters. The van der Waals surface area contributed by atoms with Gasteiger partial charge in [0, 0.05) is 19.4 Å². The van der Waals surface area contributed by atoms with Gasteiger partial charge in [-0.2, -0.15) is 0 Å². The van der Waals surface area contributed by atoms with Crippen LogP contribution in [-0.4, -0.2) is 17.7 Å². The number of carbonyl (C=O) groups excluding carboxylic acids is 3. The molecule has 0 radical (unpaired) electrons. The van der Waals surface area contributed by atoms with E-state index in [0.29, 0.717) is 5.56 Å². The zero-order chi connectivity index (χ0) is 26.8. The SMILES string of the molecule is NC(C(=O)Cc1ccccc1)(C(=O)Cc1ccccc1)c1ccc(CNC(=O)OCc2ccccc2)cc1. The van der Waals surface area contributed by atoms with Gasteiger partial charge in [-0.3, -0.25) is 9.59 Å². The molecule has 0 aliphatic carbocycles. The molecule has 4 aromatic rings. The third-order valence-corrected chi connectivity index (χ3v) is 6.35. The van der Waals surface area contributed by atoms with Crippen LogP contribution >= 0.6 is 0 Å². The fourth-order valence-corrected chi connectivity index (χ4v) is 4.15. The lowest BCUT2D eigenvalue weighted by Crippen LogP contribution is -2.53. The summed E-state index contributed by atoms with van der Waals surface area (Å²) in [5, 5.41) is 2.71. The summed E-state index contributed by atoms with van der Waals surface area (Å²) >= 11 is 0. The number of Topliss-reactive ketones (excluding diaryl/α,β-unsaturated/α-hetero) is 2. The molecule has 0 spiro atoms. The summed E-state index contributed by atoms with van der Waals surface area (Å²) in [5.41, 5.74) is 8.52. The Morgan fingerprint density at radius 1 is 0.605 bits per heavy atom. The molecule has 0 heterocycles. The number of amides is 1. The molecule has 0 aromatic heterocycles. The van der Waals surface area contributed by atoms with Crippen LogP contribution < -0.4 is 11.1 Å². The number of hydrogen-bond acceptors (Lipinski definition) is 5. The number of alkyl carbamates (subject to hydrolysis) is 1. The van der Waals surface area contributed by atoms with Crippen molar-refractivity contribution in [3.05, 3.63) is 143 Å². The highest BCUT2D eigenvalue weighted by Crippen LogP contribution is 2.25. The maximum Gasteiger partial charge on any atom is 0.407 e. The van der Waals surface area contributed by atoms with Crippen LogP contribution in [0.15, 0.2) is 115 Å². The standard InChI is InChI=1S/C32H30N2O4/c33-32(29(35)20-24-10-4-1-5-11-24,30(36)21-25-12-6-2-7-13-25)28-18-16-26(17-19-28)22-34-31(37)38-23-27-14-8-3-9-15-27/h1-19H,20-23,33H2,(H,34,37). The number of ketones is 2. The van der Waals surface area contributed by atoms with Gasteiger partial charge in [0.25, 0.3) is 0 Å². The van der Waals surface area contributed by atoms with Crippen LogP contribution in [0, 0.1) is 0 Å². The molecule has 192 valence electrons. The summed E-state index contributed by atoms with van der Waals surface area (Å²) in [7, 11) is 0. The highest BCUT2D eigenvalue weighted by molar-refractivity contribution is 6.13. The Labute approximate surface area is 222 Å². The van der Waals surface area contributed by atoms with E-state index in [1.807, 2.05) is 91.0 Å². The molecule has 0 aliphatic rings. The molecule has 3 N–H and O–H groups in total. The van der Waals surface area contributed by atoms with Gasteiger partial charge in [-0.15, -0.1) is 0 Å². The van der Waals surface area contributed by atoms with Gasteiger partial charge in [-0.1, -0.05) is 115 Å². The summed E-state index contributed by atoms with van der Waals surface area (Å²) in [6.45, 7) is 0.399. The first-order chi connectivity index (χ1) is 18.4. The second-order valence-electron chi connectivity index (χ2n) is 9.09. The predicted molar refractivity (Wildman–Crippen MR) is 146 cm³/mol. The van der Waals surface area contributed by atoms with Gasteiger partial charge in [0.15, 0.2) is 17.1 Å². The van der Waals surface area contributed by atoms with Gasteiger partial charge >= 0.3 is 6.09 Å². The molecule has 0 saturated heterocycles. The maximum atomic E-state index is 13.5. The Hall–Kier alpha value is -4.55.